The second-order valence-electron chi connectivity index (χ2n) is 13.8. The van der Waals surface area contributed by atoms with Crippen LogP contribution in [-0.4, -0.2) is 111 Å². The summed E-state index contributed by atoms with van der Waals surface area (Å²) in [4.78, 5) is 43.6. The Bertz CT molecular complexity index is 1470. The van der Waals surface area contributed by atoms with E-state index in [2.05, 4.69) is 101 Å². The predicted molar refractivity (Wildman–Crippen MR) is 218 cm³/mol. The highest BCUT2D eigenvalue weighted by Gasteiger charge is 2.43. The van der Waals surface area contributed by atoms with E-state index in [1.807, 2.05) is 11.8 Å². The first-order chi connectivity index (χ1) is 26.4. The summed E-state index contributed by atoms with van der Waals surface area (Å²) in [6.45, 7) is 6.46. The largest absolute Gasteiger partial charge is 0.450 e. The van der Waals surface area contributed by atoms with Crippen molar-refractivity contribution < 1.29 is 28.6 Å². The Labute approximate surface area is 329 Å². The molecule has 0 spiro atoms. The van der Waals surface area contributed by atoms with E-state index in [1.165, 1.54) is 23.1 Å². The van der Waals surface area contributed by atoms with Crippen LogP contribution in [-0.2, 0) is 19.7 Å². The van der Waals surface area contributed by atoms with Crippen molar-refractivity contribution in [1.82, 2.24) is 20.0 Å². The van der Waals surface area contributed by atoms with Crippen LogP contribution in [0.15, 0.2) is 91.0 Å². The van der Waals surface area contributed by atoms with Gasteiger partial charge in [0.15, 0.2) is 0 Å². The summed E-state index contributed by atoms with van der Waals surface area (Å²) in [5.74, 6) is 1.88. The molecule has 10 nitrogen and oxygen atoms in total. The molecular weight excluding hydrogens is 721 g/mol. The van der Waals surface area contributed by atoms with E-state index < -0.39 is 11.6 Å². The van der Waals surface area contributed by atoms with E-state index in [0.717, 1.165) is 25.7 Å². The first-order valence-corrected chi connectivity index (χ1v) is 21.8. The Balaban J connectivity index is 1.00. The number of hydrogen-bond acceptors (Lipinski definition) is 9. The molecule has 3 aromatic carbocycles. The van der Waals surface area contributed by atoms with Crippen LogP contribution in [0.2, 0.25) is 0 Å². The molecule has 2 atom stereocenters. The Kier molecular flexibility index (Phi) is 16.7. The van der Waals surface area contributed by atoms with E-state index in [-0.39, 0.29) is 12.2 Å². The zero-order chi connectivity index (χ0) is 38.0. The molecule has 1 aliphatic heterocycles. The Morgan fingerprint density at radius 3 is 1.78 bits per heavy atom. The van der Waals surface area contributed by atoms with Crippen LogP contribution < -0.4 is 5.32 Å². The van der Waals surface area contributed by atoms with Crippen LogP contribution in [0.5, 0.6) is 0 Å². The number of piperazine rings is 1. The molecular formula is C42H56N4O6S2. The molecule has 0 bridgehead atoms. The van der Waals surface area contributed by atoms with Crippen LogP contribution in [0.4, 0.5) is 14.4 Å². The Morgan fingerprint density at radius 1 is 0.722 bits per heavy atom. The van der Waals surface area contributed by atoms with Crippen LogP contribution in [0.3, 0.4) is 0 Å². The van der Waals surface area contributed by atoms with Crippen molar-refractivity contribution in [3.05, 3.63) is 108 Å². The van der Waals surface area contributed by atoms with Crippen molar-refractivity contribution in [3.8, 4) is 0 Å². The molecule has 1 saturated carbocycles. The lowest BCUT2D eigenvalue weighted by Crippen LogP contribution is -2.57. The van der Waals surface area contributed by atoms with Gasteiger partial charge in [-0.05, 0) is 48.3 Å². The van der Waals surface area contributed by atoms with Crippen molar-refractivity contribution in [2.24, 2.45) is 11.8 Å². The second kappa shape index (κ2) is 21.9. The van der Waals surface area contributed by atoms with Gasteiger partial charge in [0, 0.05) is 57.8 Å². The van der Waals surface area contributed by atoms with Crippen molar-refractivity contribution >= 4 is 39.9 Å². The number of hydrogen-bond donors (Lipinski definition) is 1. The van der Waals surface area contributed by atoms with E-state index in [4.69, 9.17) is 14.2 Å². The third kappa shape index (κ3) is 11.3. The lowest BCUT2D eigenvalue weighted by atomic mass is 9.75. The predicted octanol–water partition coefficient (Wildman–Crippen LogP) is 8.13. The summed E-state index contributed by atoms with van der Waals surface area (Å²) in [5.41, 5.74) is 3.08. The van der Waals surface area contributed by atoms with Crippen LogP contribution >= 0.6 is 21.6 Å². The number of nitrogens with one attached hydrogen (secondary N) is 1. The highest BCUT2D eigenvalue weighted by atomic mass is 33.1. The van der Waals surface area contributed by atoms with Gasteiger partial charge in [-0.2, -0.15) is 0 Å². The van der Waals surface area contributed by atoms with Gasteiger partial charge in [-0.3, -0.25) is 4.90 Å². The van der Waals surface area contributed by atoms with Gasteiger partial charge in [0.2, 0.25) is 0 Å². The molecule has 1 saturated heterocycles. The molecule has 3 aromatic rings. The van der Waals surface area contributed by atoms with Gasteiger partial charge in [0.1, 0.15) is 13.2 Å². The smallest absolute Gasteiger partial charge is 0.409 e. The molecule has 0 aromatic heterocycles. The number of rotatable bonds is 16. The van der Waals surface area contributed by atoms with E-state index >= 15 is 0 Å². The van der Waals surface area contributed by atoms with Gasteiger partial charge in [-0.1, -0.05) is 132 Å². The maximum atomic E-state index is 13.1. The molecule has 54 heavy (non-hydrogen) atoms. The quantitative estimate of drug-likeness (QED) is 0.0509. The summed E-state index contributed by atoms with van der Waals surface area (Å²) in [6.07, 6.45) is 4.48. The van der Waals surface area contributed by atoms with Gasteiger partial charge in [-0.25, -0.2) is 14.4 Å². The van der Waals surface area contributed by atoms with Gasteiger partial charge in [-0.15, -0.1) is 0 Å². The molecule has 1 aliphatic carbocycles. The number of alkyl carbamates (subject to hydrolysis) is 1. The molecule has 2 fully saturated rings. The van der Waals surface area contributed by atoms with Crippen LogP contribution in [0, 0.1) is 11.8 Å². The SMILES string of the molecule is CCOC(=O)N(C)CC1CCCCCC1CNC(=O)OCCSSCCOC(=O)N1CCN(C(c2ccccc2)(c2ccccc2)c2ccccc2)CC1. The molecule has 2 aliphatic rings. The third-order valence-corrected chi connectivity index (χ3v) is 12.7. The van der Waals surface area contributed by atoms with E-state index in [9.17, 15) is 14.4 Å². The Morgan fingerprint density at radius 2 is 1.24 bits per heavy atom. The summed E-state index contributed by atoms with van der Waals surface area (Å²) in [6, 6.07) is 31.9. The van der Waals surface area contributed by atoms with E-state index in [0.29, 0.717) is 82.4 Å². The lowest BCUT2D eigenvalue weighted by molar-refractivity contribution is 0.0545. The van der Waals surface area contributed by atoms with E-state index in [1.54, 1.807) is 33.5 Å². The number of carbonyl (C=O) groups is 3. The Hall–Kier alpha value is -3.87. The average molecular weight is 777 g/mol. The standard InChI is InChI=1S/C42H56N4O6S2/c1-3-50-40(48)44(2)33-35-17-9-4-8-16-34(35)32-43-39(47)51-28-30-53-54-31-29-52-41(49)45-24-26-46(27-25-45)42(36-18-10-5-11-19-36,37-20-12-6-13-21-37)38-22-14-7-15-23-38/h5-7,10-15,18-23,34-35H,3-4,8-9,16-17,24-33H2,1-2H3,(H,43,47). The zero-order valence-corrected chi connectivity index (χ0v) is 33.4. The summed E-state index contributed by atoms with van der Waals surface area (Å²) >= 11 is 0. The first kappa shape index (κ1) is 41.3. The van der Waals surface area contributed by atoms with Crippen molar-refractivity contribution in [1.29, 1.82) is 0 Å². The minimum atomic E-state index is -0.500. The first-order valence-electron chi connectivity index (χ1n) is 19.3. The molecule has 292 valence electrons. The lowest BCUT2D eigenvalue weighted by Gasteiger charge is -2.48. The maximum Gasteiger partial charge on any atom is 0.409 e. The summed E-state index contributed by atoms with van der Waals surface area (Å²) in [7, 11) is 4.97. The average Bonchev–Trinajstić information content (AvgIpc) is 3.44. The number of benzene rings is 3. The highest BCUT2D eigenvalue weighted by Crippen LogP contribution is 2.43. The molecule has 1 heterocycles. The number of ether oxygens (including phenoxy) is 3. The topological polar surface area (TPSA) is 101 Å². The maximum absolute atomic E-state index is 13.1. The number of carbonyl (C=O) groups excluding carboxylic acids is 3. The molecule has 3 amide bonds. The highest BCUT2D eigenvalue weighted by molar-refractivity contribution is 8.76. The molecule has 1 N–H and O–H groups in total. The minimum Gasteiger partial charge on any atom is -0.450 e. The minimum absolute atomic E-state index is 0.284. The molecule has 12 heteroatoms. The van der Waals surface area contributed by atoms with Crippen LogP contribution in [0.1, 0.15) is 55.7 Å². The summed E-state index contributed by atoms with van der Waals surface area (Å²) in [5, 5.41) is 2.95. The monoisotopic (exact) mass is 776 g/mol. The molecule has 0 radical (unpaired) electrons. The fourth-order valence-corrected chi connectivity index (χ4v) is 9.40. The van der Waals surface area contributed by atoms with Gasteiger partial charge in [0.05, 0.1) is 12.1 Å². The van der Waals surface area contributed by atoms with Crippen molar-refractivity contribution in [2.75, 3.05) is 77.6 Å². The fraction of sp³-hybridized carbons (Fsp3) is 0.500. The molecule has 5 rings (SSSR count). The fourth-order valence-electron chi connectivity index (χ4n) is 7.75. The van der Waals surface area contributed by atoms with Crippen LogP contribution in [0.25, 0.3) is 0 Å². The molecule has 2 unspecified atom stereocenters. The second-order valence-corrected chi connectivity index (χ2v) is 16.5. The normalized spacial score (nSPS) is 17.9. The van der Waals surface area contributed by atoms with Gasteiger partial charge in [0.25, 0.3) is 0 Å². The van der Waals surface area contributed by atoms with Crippen molar-refractivity contribution in [3.63, 3.8) is 0 Å². The van der Waals surface area contributed by atoms with Gasteiger partial charge >= 0.3 is 18.3 Å². The number of nitrogens with zero attached hydrogens (tertiary/aromatic N) is 3. The number of amides is 3. The third-order valence-electron chi connectivity index (χ3n) is 10.4. The zero-order valence-electron chi connectivity index (χ0n) is 31.7. The van der Waals surface area contributed by atoms with Gasteiger partial charge < -0.3 is 29.3 Å². The summed E-state index contributed by atoms with van der Waals surface area (Å²) < 4.78 is 16.2. The van der Waals surface area contributed by atoms with Crippen molar-refractivity contribution in [2.45, 2.75) is 44.6 Å².